The molecule has 5 heterocycles. The number of nitrogens with zero attached hydrogens (tertiary/aromatic N) is 7. The lowest BCUT2D eigenvalue weighted by Gasteiger charge is -2.42. The molecule has 0 bridgehead atoms. The number of anilines is 4. The number of hydrogen-bond donors (Lipinski definition) is 1. The maximum absolute atomic E-state index is 5.89. The van der Waals surface area contributed by atoms with Crippen molar-refractivity contribution in [3.63, 3.8) is 0 Å². The Balaban J connectivity index is 1.09. The van der Waals surface area contributed by atoms with Crippen molar-refractivity contribution in [2.24, 2.45) is 5.10 Å². The fraction of sp³-hybridized carbons (Fsp3) is 0.406. The van der Waals surface area contributed by atoms with E-state index in [-0.39, 0.29) is 6.04 Å². The van der Waals surface area contributed by atoms with Gasteiger partial charge >= 0.3 is 0 Å². The van der Waals surface area contributed by atoms with Crippen LogP contribution >= 0.6 is 11.3 Å². The quantitative estimate of drug-likeness (QED) is 0.302. The van der Waals surface area contributed by atoms with Gasteiger partial charge in [-0.3, -0.25) is 4.90 Å². The van der Waals surface area contributed by atoms with Crippen LogP contribution in [0.2, 0.25) is 0 Å². The van der Waals surface area contributed by atoms with Crippen LogP contribution in [0.5, 0.6) is 5.75 Å². The van der Waals surface area contributed by atoms with Gasteiger partial charge < -0.3 is 19.9 Å². The van der Waals surface area contributed by atoms with E-state index in [1.54, 1.807) is 18.4 Å². The highest BCUT2D eigenvalue weighted by Gasteiger charge is 2.29. The summed E-state index contributed by atoms with van der Waals surface area (Å²) in [6.07, 6.45) is 5.19. The summed E-state index contributed by atoms with van der Waals surface area (Å²) in [5.41, 5.74) is 4.17. The van der Waals surface area contributed by atoms with Crippen LogP contribution in [0.4, 0.5) is 23.1 Å². The number of benzene rings is 2. The predicted molar refractivity (Wildman–Crippen MR) is 173 cm³/mol. The van der Waals surface area contributed by atoms with Gasteiger partial charge in [0.1, 0.15) is 5.75 Å². The van der Waals surface area contributed by atoms with Crippen LogP contribution in [0.25, 0.3) is 10.2 Å². The highest BCUT2D eigenvalue weighted by Crippen LogP contribution is 2.39. The van der Waals surface area contributed by atoms with Crippen LogP contribution in [-0.2, 0) is 0 Å². The second kappa shape index (κ2) is 11.9. The first kappa shape index (κ1) is 27.1. The summed E-state index contributed by atoms with van der Waals surface area (Å²) >= 11 is 1.65. The third kappa shape index (κ3) is 5.42. The Labute approximate surface area is 251 Å². The summed E-state index contributed by atoms with van der Waals surface area (Å²) in [5, 5.41) is 12.3. The molecule has 10 heteroatoms. The van der Waals surface area contributed by atoms with Crippen molar-refractivity contribution >= 4 is 50.9 Å². The Kier molecular flexibility index (Phi) is 7.67. The lowest BCUT2D eigenvalue weighted by atomic mass is 10.0. The monoisotopic (exact) mass is 582 g/mol. The van der Waals surface area contributed by atoms with E-state index in [0.29, 0.717) is 12.0 Å². The van der Waals surface area contributed by atoms with Crippen LogP contribution in [0.1, 0.15) is 30.9 Å². The maximum atomic E-state index is 5.89. The van der Waals surface area contributed by atoms with Crippen molar-refractivity contribution in [3.8, 4) is 5.75 Å². The molecule has 2 fully saturated rings. The molecular formula is C32H38N8OS. The van der Waals surface area contributed by atoms with E-state index in [0.717, 1.165) is 52.7 Å². The average Bonchev–Trinajstić information content (AvgIpc) is 3.72. The summed E-state index contributed by atoms with van der Waals surface area (Å²) in [7, 11) is 3.97. The zero-order chi connectivity index (χ0) is 28.5. The highest BCUT2D eigenvalue weighted by atomic mass is 32.1. The van der Waals surface area contributed by atoms with Gasteiger partial charge in [-0.1, -0.05) is 30.3 Å². The highest BCUT2D eigenvalue weighted by molar-refractivity contribution is 7.17. The van der Waals surface area contributed by atoms with Gasteiger partial charge in [0.2, 0.25) is 5.95 Å². The van der Waals surface area contributed by atoms with Gasteiger partial charge in [-0.15, -0.1) is 11.3 Å². The first-order valence-corrected chi connectivity index (χ1v) is 15.8. The van der Waals surface area contributed by atoms with E-state index in [1.807, 2.05) is 23.4 Å². The van der Waals surface area contributed by atoms with E-state index < -0.39 is 0 Å². The molecule has 3 aliphatic heterocycles. The van der Waals surface area contributed by atoms with Gasteiger partial charge in [0.05, 0.1) is 29.1 Å². The molecule has 9 nitrogen and oxygen atoms in total. The first-order chi connectivity index (χ1) is 20.7. The number of likely N-dealkylation sites (N-methyl/N-ethyl adjacent to an activating group) is 1. The Morgan fingerprint density at radius 2 is 1.74 bits per heavy atom. The molecule has 0 amide bonds. The molecule has 218 valence electrons. The van der Waals surface area contributed by atoms with Crippen LogP contribution in [-0.4, -0.2) is 85.5 Å². The summed E-state index contributed by atoms with van der Waals surface area (Å²) in [5.74, 6) is 2.24. The van der Waals surface area contributed by atoms with Crippen LogP contribution in [0, 0.1) is 0 Å². The van der Waals surface area contributed by atoms with Crippen molar-refractivity contribution in [1.82, 2.24) is 19.8 Å². The van der Waals surface area contributed by atoms with Crippen molar-refractivity contribution in [2.45, 2.75) is 31.3 Å². The van der Waals surface area contributed by atoms with Crippen molar-refractivity contribution in [2.75, 3.05) is 68.7 Å². The molecule has 4 aromatic rings. The molecule has 3 aliphatic rings. The van der Waals surface area contributed by atoms with Crippen LogP contribution < -0.4 is 20.0 Å². The molecular weight excluding hydrogens is 544 g/mol. The average molecular weight is 583 g/mol. The number of ether oxygens (including phenoxy) is 1. The summed E-state index contributed by atoms with van der Waals surface area (Å²) < 4.78 is 6.93. The van der Waals surface area contributed by atoms with Gasteiger partial charge in [-0.2, -0.15) is 10.1 Å². The standard InChI is InChI=1S/C32H38N8OS/c1-37-17-19-38(20-18-37)25-11-15-39(16-12-25)28-9-8-24(22-29(28)41-2)34-32-35-26-13-21-42-30(26)31(36-32)40-27(10-14-33-40)23-6-4-3-5-7-23/h3-9,13-14,21-22,25,27H,10-12,15-20H2,1-2H3,(H,34,35,36). The normalized spacial score (nSPS) is 20.5. The molecule has 2 saturated heterocycles. The Morgan fingerprint density at radius 3 is 2.52 bits per heavy atom. The Morgan fingerprint density at radius 1 is 0.929 bits per heavy atom. The van der Waals surface area contributed by atoms with Gasteiger partial charge in [0.25, 0.3) is 0 Å². The molecule has 1 N–H and O–H groups in total. The molecule has 0 spiro atoms. The summed E-state index contributed by atoms with van der Waals surface area (Å²) in [4.78, 5) is 17.4. The van der Waals surface area contributed by atoms with E-state index in [1.165, 1.54) is 44.6 Å². The Hall–Kier alpha value is -3.73. The van der Waals surface area contributed by atoms with Gasteiger partial charge in [0.15, 0.2) is 5.82 Å². The topological polar surface area (TPSA) is 72.4 Å². The molecule has 0 aliphatic carbocycles. The molecule has 0 radical (unpaired) electrons. The smallest absolute Gasteiger partial charge is 0.229 e. The summed E-state index contributed by atoms with van der Waals surface area (Å²) in [6, 6.07) is 19.7. The summed E-state index contributed by atoms with van der Waals surface area (Å²) in [6.45, 7) is 6.80. The fourth-order valence-corrected chi connectivity index (χ4v) is 7.25. The van der Waals surface area contributed by atoms with E-state index in [4.69, 9.17) is 19.8 Å². The minimum atomic E-state index is 0.110. The Bertz CT molecular complexity index is 1540. The minimum absolute atomic E-state index is 0.110. The van der Waals surface area contributed by atoms with E-state index >= 15 is 0 Å². The van der Waals surface area contributed by atoms with Gasteiger partial charge in [-0.25, -0.2) is 9.99 Å². The van der Waals surface area contributed by atoms with Crippen molar-refractivity contribution in [1.29, 1.82) is 0 Å². The number of thiophene rings is 1. The SMILES string of the molecule is COc1cc(Nc2nc(N3N=CCC3c3ccccc3)c3sccc3n2)ccc1N1CCC(N2CCN(C)CC2)CC1. The number of nitrogens with one attached hydrogen (secondary N) is 1. The van der Waals surface area contributed by atoms with E-state index in [9.17, 15) is 0 Å². The molecule has 1 unspecified atom stereocenters. The third-order valence-electron chi connectivity index (χ3n) is 8.81. The number of rotatable bonds is 7. The van der Waals surface area contributed by atoms with Gasteiger partial charge in [-0.05, 0) is 49.0 Å². The molecule has 2 aromatic carbocycles. The largest absolute Gasteiger partial charge is 0.495 e. The lowest BCUT2D eigenvalue weighted by Crippen LogP contribution is -2.52. The molecule has 0 saturated carbocycles. The molecule has 42 heavy (non-hydrogen) atoms. The molecule has 2 aromatic heterocycles. The lowest BCUT2D eigenvalue weighted by molar-refractivity contribution is 0.0981. The van der Waals surface area contributed by atoms with Crippen LogP contribution in [0.3, 0.4) is 0 Å². The maximum Gasteiger partial charge on any atom is 0.229 e. The predicted octanol–water partition coefficient (Wildman–Crippen LogP) is 5.60. The van der Waals surface area contributed by atoms with Crippen molar-refractivity contribution in [3.05, 3.63) is 65.5 Å². The van der Waals surface area contributed by atoms with Gasteiger partial charge in [0, 0.05) is 69.7 Å². The number of methoxy groups -OCH3 is 1. The number of piperidine rings is 1. The number of fused-ring (bicyclic) bond motifs is 1. The number of hydrazone groups is 1. The number of hydrogen-bond acceptors (Lipinski definition) is 10. The molecule has 7 rings (SSSR count). The minimum Gasteiger partial charge on any atom is -0.495 e. The number of aromatic nitrogens is 2. The van der Waals surface area contributed by atoms with Crippen molar-refractivity contribution < 1.29 is 4.74 Å². The zero-order valence-electron chi connectivity index (χ0n) is 24.3. The van der Waals surface area contributed by atoms with Crippen LogP contribution in [0.15, 0.2) is 65.1 Å². The second-order valence-corrected chi connectivity index (χ2v) is 12.3. The number of piperazine rings is 1. The molecule has 1 atom stereocenters. The van der Waals surface area contributed by atoms with E-state index in [2.05, 4.69) is 74.9 Å². The zero-order valence-corrected chi connectivity index (χ0v) is 25.1. The second-order valence-electron chi connectivity index (χ2n) is 11.4. The third-order valence-corrected chi connectivity index (χ3v) is 9.71. The first-order valence-electron chi connectivity index (χ1n) is 14.9. The fourth-order valence-electron chi connectivity index (χ4n) is 6.43.